The van der Waals surface area contributed by atoms with Gasteiger partial charge >= 0.3 is 0 Å². The summed E-state index contributed by atoms with van der Waals surface area (Å²) in [6.45, 7) is 56.8. The van der Waals surface area contributed by atoms with Gasteiger partial charge in [0.25, 0.3) is 0 Å². The van der Waals surface area contributed by atoms with E-state index in [9.17, 15) is 0 Å². The number of aryl methyl sites for hydroxylation is 8. The molecular formula is C100H140N8+4. The molecule has 0 aliphatic heterocycles. The predicted octanol–water partition coefficient (Wildman–Crippen LogP) is 26.1. The zero-order valence-corrected chi connectivity index (χ0v) is 73.2. The highest BCUT2D eigenvalue weighted by Crippen LogP contribution is 2.45. The van der Waals surface area contributed by atoms with Crippen molar-refractivity contribution in [1.29, 1.82) is 0 Å². The van der Waals surface area contributed by atoms with Gasteiger partial charge in [-0.1, -0.05) is 227 Å². The topological polar surface area (TPSA) is 67.1 Å². The van der Waals surface area contributed by atoms with Gasteiger partial charge in [-0.25, -0.2) is 18.3 Å². The molecule has 0 unspecified atom stereocenters. The molecule has 8 heterocycles. The van der Waals surface area contributed by atoms with Crippen molar-refractivity contribution in [2.75, 3.05) is 0 Å². The minimum absolute atomic E-state index is 0.928. The fraction of sp³-hybridized carbons (Fsp3) is 0.360. The van der Waals surface area contributed by atoms with E-state index in [1.165, 1.54) is 157 Å². The number of fused-ring (bicyclic) bond motifs is 12. The highest BCUT2D eigenvalue weighted by atomic mass is 14.9. The minimum Gasteiger partial charge on any atom is -0.260 e. The van der Waals surface area contributed by atoms with Gasteiger partial charge in [0.2, 0.25) is 22.8 Å². The average Bonchev–Trinajstić information content (AvgIpc) is 1.65. The van der Waals surface area contributed by atoms with Crippen LogP contribution in [-0.4, -0.2) is 19.9 Å². The number of rotatable bonds is 4. The van der Waals surface area contributed by atoms with Crippen molar-refractivity contribution in [3.05, 3.63) is 287 Å². The molecule has 4 aromatic carbocycles. The maximum absolute atomic E-state index is 4.55. The van der Waals surface area contributed by atoms with Crippen molar-refractivity contribution in [1.82, 2.24) is 19.9 Å². The van der Waals surface area contributed by atoms with Crippen molar-refractivity contribution in [3.63, 3.8) is 0 Å². The average molecular weight is 1450 g/mol. The van der Waals surface area contributed by atoms with Gasteiger partial charge in [-0.15, -0.1) is 0 Å². The van der Waals surface area contributed by atoms with Crippen molar-refractivity contribution >= 4 is 0 Å². The van der Waals surface area contributed by atoms with Gasteiger partial charge in [0.05, 0.1) is 33.9 Å². The van der Waals surface area contributed by atoms with Crippen LogP contribution in [0.4, 0.5) is 0 Å². The standard InChI is InChI=1S/4C19H17N2.12C2H6/c1-13-8-9-14-15-6-5-10-20-17(15)12-16(14)19(13)18-7-3-4-11-21(18)2;1-13-8-9-14-12-16-15(6-5-10-20-16)19(14)18(13)17-7-3-4-11-21(17)2;1-13-10-17-14(12-18-15(17)6-5-8-20-18)11-16(13)19-7-3-4-9-21(19)2;1-13-10-14-11-18-15(6-5-8-20-18)17(14)12-16(13)19-7-3-4-9-21(19)2;12*1-2/h3*3-11H,12H2,1-2H3;3-10,12H,11H2,1-2H3;12*1-2H3/q4*+1;;;;;;;;;;;;. The third-order valence-electron chi connectivity index (χ3n) is 17.3. The lowest BCUT2D eigenvalue weighted by Gasteiger charge is -2.11. The van der Waals surface area contributed by atoms with Crippen LogP contribution in [0, 0.1) is 27.7 Å². The van der Waals surface area contributed by atoms with E-state index < -0.39 is 0 Å². The predicted molar refractivity (Wildman–Crippen MR) is 471 cm³/mol. The molecule has 8 aromatic heterocycles. The molecule has 8 nitrogen and oxygen atoms in total. The third kappa shape index (κ3) is 23.5. The SMILES string of the molecule is CC.CC.CC.CC.CC.CC.CC.CC.CC.CC.CC.CC.Cc1cc2c(cc1-c1cccc[n+]1C)-c1cccnc1C2.Cc1cc2c(cc1-c1cccc[n+]1C)Cc1ncccc1-2.Cc1ccc2c(c1-c1cccc[n+]1C)-c1cccnc1C2.Cc1ccc2c(c1-c1cccc[n+]1C)Cc1ncccc1-2. The first-order valence-electron chi connectivity index (χ1n) is 41.1. The molecule has 576 valence electrons. The molecule has 0 N–H and O–H groups in total. The largest absolute Gasteiger partial charge is 0.260 e. The molecule has 8 heteroatoms. The summed E-state index contributed by atoms with van der Waals surface area (Å²) in [6.07, 6.45) is 19.7. The number of nitrogens with zero attached hydrogens (tertiary/aromatic N) is 8. The van der Waals surface area contributed by atoms with Gasteiger partial charge < -0.3 is 0 Å². The maximum atomic E-state index is 4.55. The number of aromatic nitrogens is 8. The Kier molecular flexibility index (Phi) is 47.1. The summed E-state index contributed by atoms with van der Waals surface area (Å²) in [6, 6.07) is 60.5. The second-order valence-corrected chi connectivity index (χ2v) is 22.7. The Morgan fingerprint density at radius 3 is 0.963 bits per heavy atom. The van der Waals surface area contributed by atoms with E-state index in [1.54, 1.807) is 0 Å². The Balaban J connectivity index is 0.000000657. The summed E-state index contributed by atoms with van der Waals surface area (Å²) in [5.74, 6) is 0. The van der Waals surface area contributed by atoms with Gasteiger partial charge in [-0.2, -0.15) is 0 Å². The first kappa shape index (κ1) is 96.1. The van der Waals surface area contributed by atoms with Crippen LogP contribution in [0.15, 0.2) is 219 Å². The fourth-order valence-corrected chi connectivity index (χ4v) is 13.1. The normalized spacial score (nSPS) is 10.1. The Bertz CT molecular complexity index is 4550. The van der Waals surface area contributed by atoms with Crippen LogP contribution in [0.5, 0.6) is 0 Å². The quantitative estimate of drug-likeness (QED) is 0.165. The first-order valence-corrected chi connectivity index (χ1v) is 41.1. The summed E-state index contributed by atoms with van der Waals surface area (Å²) in [5, 5.41) is 0. The summed E-state index contributed by atoms with van der Waals surface area (Å²) < 4.78 is 8.74. The molecular weight excluding hydrogens is 1310 g/mol. The molecule has 12 aromatic rings. The van der Waals surface area contributed by atoms with Gasteiger partial charge in [0.15, 0.2) is 24.8 Å². The second kappa shape index (κ2) is 53.0. The van der Waals surface area contributed by atoms with Crippen LogP contribution in [-0.2, 0) is 53.9 Å². The molecule has 0 fully saturated rings. The van der Waals surface area contributed by atoms with E-state index in [0.717, 1.165) is 25.7 Å². The van der Waals surface area contributed by atoms with Gasteiger partial charge in [-0.05, 0) is 150 Å². The molecule has 0 amide bonds. The van der Waals surface area contributed by atoms with Crippen LogP contribution in [0.3, 0.4) is 0 Å². The van der Waals surface area contributed by atoms with E-state index in [4.69, 9.17) is 0 Å². The van der Waals surface area contributed by atoms with Crippen molar-refractivity contribution in [3.8, 4) is 89.5 Å². The molecule has 0 atom stereocenters. The Hall–Kier alpha value is -9.92. The van der Waals surface area contributed by atoms with Crippen LogP contribution in [0.1, 0.15) is 233 Å². The van der Waals surface area contributed by atoms with Crippen LogP contribution in [0.2, 0.25) is 0 Å². The lowest BCUT2D eigenvalue weighted by atomic mass is 9.93. The Morgan fingerprint density at radius 2 is 0.537 bits per heavy atom. The molecule has 0 bridgehead atoms. The molecule has 0 spiro atoms. The summed E-state index contributed by atoms with van der Waals surface area (Å²) in [5.41, 5.74) is 36.5. The third-order valence-corrected chi connectivity index (χ3v) is 17.3. The van der Waals surface area contributed by atoms with Gasteiger partial charge in [-0.3, -0.25) is 19.9 Å². The molecule has 0 saturated carbocycles. The zero-order valence-electron chi connectivity index (χ0n) is 73.2. The maximum Gasteiger partial charge on any atom is 0.213 e. The zero-order chi connectivity index (χ0) is 81.6. The summed E-state index contributed by atoms with van der Waals surface area (Å²) >= 11 is 0. The number of benzene rings is 4. The van der Waals surface area contributed by atoms with Crippen LogP contribution in [0.25, 0.3) is 89.5 Å². The highest BCUT2D eigenvalue weighted by Gasteiger charge is 2.30. The molecule has 0 saturated heterocycles. The van der Waals surface area contributed by atoms with E-state index in [1.807, 2.05) is 215 Å². The summed E-state index contributed by atoms with van der Waals surface area (Å²) in [7, 11) is 8.40. The van der Waals surface area contributed by atoms with E-state index in [2.05, 4.69) is 264 Å². The molecule has 0 radical (unpaired) electrons. The monoisotopic (exact) mass is 1450 g/mol. The Labute approximate surface area is 658 Å². The van der Waals surface area contributed by atoms with Crippen molar-refractivity contribution in [2.24, 2.45) is 28.2 Å². The lowest BCUT2D eigenvalue weighted by Crippen LogP contribution is -2.30. The molecule has 4 aliphatic carbocycles. The smallest absolute Gasteiger partial charge is 0.213 e. The highest BCUT2D eigenvalue weighted by molar-refractivity contribution is 5.90. The van der Waals surface area contributed by atoms with E-state index in [-0.39, 0.29) is 0 Å². The molecule has 16 rings (SSSR count). The van der Waals surface area contributed by atoms with Crippen molar-refractivity contribution < 1.29 is 18.3 Å². The van der Waals surface area contributed by atoms with E-state index in [0.29, 0.717) is 0 Å². The number of pyridine rings is 8. The number of hydrogen-bond acceptors (Lipinski definition) is 4. The van der Waals surface area contributed by atoms with Gasteiger partial charge in [0.1, 0.15) is 28.2 Å². The summed E-state index contributed by atoms with van der Waals surface area (Å²) in [4.78, 5) is 18.1. The van der Waals surface area contributed by atoms with Crippen LogP contribution >= 0.6 is 0 Å². The Morgan fingerprint density at radius 1 is 0.222 bits per heavy atom. The van der Waals surface area contributed by atoms with E-state index >= 15 is 0 Å². The second-order valence-electron chi connectivity index (χ2n) is 22.7. The first-order chi connectivity index (χ1) is 53.0. The molecule has 4 aliphatic rings. The lowest BCUT2D eigenvalue weighted by molar-refractivity contribution is -0.660. The van der Waals surface area contributed by atoms with Gasteiger partial charge in [0, 0.05) is 138 Å². The minimum atomic E-state index is 0.928. The van der Waals surface area contributed by atoms with Crippen LogP contribution < -0.4 is 18.3 Å². The van der Waals surface area contributed by atoms with Crippen molar-refractivity contribution in [2.45, 2.75) is 220 Å². The fourth-order valence-electron chi connectivity index (χ4n) is 13.1. The number of hydrogen-bond donors (Lipinski definition) is 0. The molecule has 108 heavy (non-hydrogen) atoms.